The van der Waals surface area contributed by atoms with Gasteiger partial charge in [0, 0.05) is 57.6 Å². The number of nitrogens with one attached hydrogen (secondary N) is 1. The Morgan fingerprint density at radius 2 is 1.83 bits per heavy atom. The average Bonchev–Trinajstić information content (AvgIpc) is 3.12. The van der Waals surface area contributed by atoms with Gasteiger partial charge in [-0.25, -0.2) is 4.39 Å². The predicted octanol–water partition coefficient (Wildman–Crippen LogP) is 3.63. The van der Waals surface area contributed by atoms with Crippen LogP contribution in [0.25, 0.3) is 11.3 Å². The average molecular weight is 407 g/mol. The molecular formula is C23H26FN5O. The Kier molecular flexibility index (Phi) is 5.70. The maximum atomic E-state index is 13.2. The Hall–Kier alpha value is -3.35. The summed E-state index contributed by atoms with van der Waals surface area (Å²) < 4.78 is 13.2. The van der Waals surface area contributed by atoms with Crippen molar-refractivity contribution in [3.05, 3.63) is 66.0 Å². The van der Waals surface area contributed by atoms with Crippen LogP contribution in [-0.2, 0) is 0 Å². The lowest BCUT2D eigenvalue weighted by molar-refractivity contribution is 0.0767. The van der Waals surface area contributed by atoms with Gasteiger partial charge in [0.2, 0.25) is 0 Å². The van der Waals surface area contributed by atoms with Crippen molar-refractivity contribution < 1.29 is 9.18 Å². The van der Waals surface area contributed by atoms with Crippen LogP contribution in [0, 0.1) is 5.82 Å². The van der Waals surface area contributed by atoms with Gasteiger partial charge in [0.15, 0.2) is 5.82 Å². The molecule has 1 saturated heterocycles. The summed E-state index contributed by atoms with van der Waals surface area (Å²) in [6, 6.07) is 16.1. The molecule has 156 valence electrons. The zero-order valence-electron chi connectivity index (χ0n) is 17.3. The lowest BCUT2D eigenvalue weighted by Crippen LogP contribution is -2.35. The van der Waals surface area contributed by atoms with Crippen molar-refractivity contribution in [2.24, 2.45) is 0 Å². The van der Waals surface area contributed by atoms with Gasteiger partial charge in [0.05, 0.1) is 5.69 Å². The minimum absolute atomic E-state index is 0.0644. The normalized spacial score (nSPS) is 14.5. The van der Waals surface area contributed by atoms with Gasteiger partial charge in [-0.2, -0.15) is 5.10 Å². The van der Waals surface area contributed by atoms with Crippen molar-refractivity contribution >= 4 is 17.4 Å². The first-order valence-electron chi connectivity index (χ1n) is 10.1. The number of aromatic amines is 1. The highest BCUT2D eigenvalue weighted by atomic mass is 19.1. The number of anilines is 2. The standard InChI is InChI=1S/C23H26FN5O/c1-27(2)20-6-3-5-18(15-20)23(30)29-12-4-11-28(13-14-29)22-16-21(25-26-22)17-7-9-19(24)10-8-17/h3,5-10,15-16H,4,11-14H2,1-2H3,(H,25,26). The van der Waals surface area contributed by atoms with E-state index in [-0.39, 0.29) is 11.7 Å². The monoisotopic (exact) mass is 407 g/mol. The molecule has 6 nitrogen and oxygen atoms in total. The second-order valence-electron chi connectivity index (χ2n) is 7.72. The largest absolute Gasteiger partial charge is 0.378 e. The molecule has 1 N–H and O–H groups in total. The topological polar surface area (TPSA) is 55.5 Å². The van der Waals surface area contributed by atoms with Crippen LogP contribution in [0.2, 0.25) is 0 Å². The van der Waals surface area contributed by atoms with Crippen LogP contribution in [-0.4, -0.2) is 61.3 Å². The van der Waals surface area contributed by atoms with Crippen molar-refractivity contribution in [1.29, 1.82) is 0 Å². The minimum atomic E-state index is -0.258. The Bertz CT molecular complexity index is 1010. The van der Waals surface area contributed by atoms with Crippen molar-refractivity contribution in [2.45, 2.75) is 6.42 Å². The number of carbonyl (C=O) groups excluding carboxylic acids is 1. The van der Waals surface area contributed by atoms with E-state index < -0.39 is 0 Å². The highest BCUT2D eigenvalue weighted by Crippen LogP contribution is 2.23. The molecule has 2 aromatic carbocycles. The third kappa shape index (κ3) is 4.30. The van der Waals surface area contributed by atoms with E-state index in [0.29, 0.717) is 18.7 Å². The summed E-state index contributed by atoms with van der Waals surface area (Å²) in [7, 11) is 3.94. The van der Waals surface area contributed by atoms with Crippen LogP contribution in [0.4, 0.5) is 15.9 Å². The van der Waals surface area contributed by atoms with Gasteiger partial charge in [0.25, 0.3) is 5.91 Å². The van der Waals surface area contributed by atoms with E-state index in [0.717, 1.165) is 42.3 Å². The molecule has 0 bridgehead atoms. The van der Waals surface area contributed by atoms with E-state index in [9.17, 15) is 9.18 Å². The zero-order valence-corrected chi connectivity index (χ0v) is 17.3. The summed E-state index contributed by atoms with van der Waals surface area (Å²) in [6.45, 7) is 2.91. The molecule has 0 saturated carbocycles. The summed E-state index contributed by atoms with van der Waals surface area (Å²) >= 11 is 0. The summed E-state index contributed by atoms with van der Waals surface area (Å²) in [5, 5.41) is 7.47. The quantitative estimate of drug-likeness (QED) is 0.718. The lowest BCUT2D eigenvalue weighted by Gasteiger charge is -2.22. The van der Waals surface area contributed by atoms with Gasteiger partial charge >= 0.3 is 0 Å². The second-order valence-corrected chi connectivity index (χ2v) is 7.72. The van der Waals surface area contributed by atoms with E-state index >= 15 is 0 Å². The number of aromatic nitrogens is 2. The molecule has 3 aromatic rings. The molecule has 0 spiro atoms. The maximum Gasteiger partial charge on any atom is 0.253 e. The molecule has 0 aliphatic carbocycles. The Labute approximate surface area is 175 Å². The Morgan fingerprint density at radius 3 is 2.60 bits per heavy atom. The van der Waals surface area contributed by atoms with E-state index in [4.69, 9.17) is 0 Å². The molecule has 7 heteroatoms. The summed E-state index contributed by atoms with van der Waals surface area (Å²) in [4.78, 5) is 19.1. The summed E-state index contributed by atoms with van der Waals surface area (Å²) in [6.07, 6.45) is 0.873. The van der Waals surface area contributed by atoms with Crippen LogP contribution >= 0.6 is 0 Å². The lowest BCUT2D eigenvalue weighted by atomic mass is 10.1. The first-order chi connectivity index (χ1) is 14.5. The minimum Gasteiger partial charge on any atom is -0.378 e. The fourth-order valence-electron chi connectivity index (χ4n) is 3.70. The number of H-pyrrole nitrogens is 1. The molecule has 1 aliphatic rings. The van der Waals surface area contributed by atoms with Crippen LogP contribution in [0.3, 0.4) is 0 Å². The summed E-state index contributed by atoms with van der Waals surface area (Å²) in [5.41, 5.74) is 3.47. The van der Waals surface area contributed by atoms with Crippen molar-refractivity contribution in [3.8, 4) is 11.3 Å². The molecule has 30 heavy (non-hydrogen) atoms. The molecule has 4 rings (SSSR count). The fourth-order valence-corrected chi connectivity index (χ4v) is 3.70. The highest BCUT2D eigenvalue weighted by molar-refractivity contribution is 5.95. The van der Waals surface area contributed by atoms with Crippen molar-refractivity contribution in [2.75, 3.05) is 50.1 Å². The number of halogens is 1. The van der Waals surface area contributed by atoms with E-state index in [1.54, 1.807) is 12.1 Å². The molecular weight excluding hydrogens is 381 g/mol. The van der Waals surface area contributed by atoms with Gasteiger partial charge in [-0.05, 0) is 54.4 Å². The Balaban J connectivity index is 1.44. The van der Waals surface area contributed by atoms with Gasteiger partial charge in [-0.1, -0.05) is 6.07 Å². The third-order valence-corrected chi connectivity index (χ3v) is 5.44. The van der Waals surface area contributed by atoms with Gasteiger partial charge in [0.1, 0.15) is 5.82 Å². The molecule has 1 amide bonds. The fraction of sp³-hybridized carbons (Fsp3) is 0.304. The van der Waals surface area contributed by atoms with Gasteiger partial charge in [-0.3, -0.25) is 9.89 Å². The molecule has 0 unspecified atom stereocenters. The Morgan fingerprint density at radius 1 is 1.03 bits per heavy atom. The summed E-state index contributed by atoms with van der Waals surface area (Å²) in [5.74, 6) is 0.652. The van der Waals surface area contributed by atoms with Gasteiger partial charge in [-0.15, -0.1) is 0 Å². The van der Waals surface area contributed by atoms with Crippen molar-refractivity contribution in [1.82, 2.24) is 15.1 Å². The van der Waals surface area contributed by atoms with Crippen LogP contribution in [0.5, 0.6) is 0 Å². The molecule has 0 atom stereocenters. The van der Waals surface area contributed by atoms with E-state index in [1.807, 2.05) is 54.2 Å². The molecule has 2 heterocycles. The number of benzene rings is 2. The zero-order chi connectivity index (χ0) is 21.1. The van der Waals surface area contributed by atoms with Gasteiger partial charge < -0.3 is 14.7 Å². The van der Waals surface area contributed by atoms with Crippen molar-refractivity contribution in [3.63, 3.8) is 0 Å². The maximum absolute atomic E-state index is 13.2. The number of rotatable bonds is 4. The number of nitrogens with zero attached hydrogens (tertiary/aromatic N) is 4. The molecule has 0 radical (unpaired) electrons. The SMILES string of the molecule is CN(C)c1cccc(C(=O)N2CCCN(c3cc(-c4ccc(F)cc4)[nH]n3)CC2)c1. The van der Waals surface area contributed by atoms with Crippen LogP contribution in [0.1, 0.15) is 16.8 Å². The smallest absolute Gasteiger partial charge is 0.253 e. The molecule has 1 fully saturated rings. The first kappa shape index (κ1) is 19.9. The van der Waals surface area contributed by atoms with E-state index in [1.165, 1.54) is 12.1 Å². The molecule has 1 aromatic heterocycles. The highest BCUT2D eigenvalue weighted by Gasteiger charge is 2.22. The predicted molar refractivity (Wildman–Crippen MR) is 117 cm³/mol. The van der Waals surface area contributed by atoms with Crippen LogP contribution in [0.15, 0.2) is 54.6 Å². The number of carbonyl (C=O) groups is 1. The number of hydrogen-bond donors (Lipinski definition) is 1. The molecule has 1 aliphatic heterocycles. The number of amides is 1. The first-order valence-corrected chi connectivity index (χ1v) is 10.1. The third-order valence-electron chi connectivity index (χ3n) is 5.44. The second kappa shape index (κ2) is 8.57. The van der Waals surface area contributed by atoms with E-state index in [2.05, 4.69) is 15.1 Å². The number of hydrogen-bond acceptors (Lipinski definition) is 4. The van der Waals surface area contributed by atoms with Crippen LogP contribution < -0.4 is 9.80 Å².